The van der Waals surface area contributed by atoms with Crippen molar-refractivity contribution in [2.24, 2.45) is 0 Å². The number of carbonyl (C=O) groups is 1. The Morgan fingerprint density at radius 3 is 2.48 bits per heavy atom. The van der Waals surface area contributed by atoms with E-state index in [1.807, 2.05) is 54.3 Å². The van der Waals surface area contributed by atoms with Crippen LogP contribution >= 0.6 is 0 Å². The molecule has 1 saturated heterocycles. The minimum atomic E-state index is -2.31. The van der Waals surface area contributed by atoms with E-state index in [-0.39, 0.29) is 18.5 Å². The zero-order valence-corrected chi connectivity index (χ0v) is 14.3. The Hall–Kier alpha value is -2.05. The van der Waals surface area contributed by atoms with Gasteiger partial charge in [0.1, 0.15) is 0 Å². The third-order valence-electron chi connectivity index (χ3n) is 4.78. The van der Waals surface area contributed by atoms with Crippen LogP contribution in [-0.4, -0.2) is 60.9 Å². The molecule has 134 valence electrons. The Bertz CT molecular complexity index is 724. The summed E-state index contributed by atoms with van der Waals surface area (Å²) in [7, 11) is 0. The molecule has 1 fully saturated rings. The van der Waals surface area contributed by atoms with Crippen molar-refractivity contribution >= 4 is 22.4 Å². The van der Waals surface area contributed by atoms with Crippen molar-refractivity contribution in [1.82, 2.24) is 9.80 Å². The fourth-order valence-electron chi connectivity index (χ4n) is 3.27. The van der Waals surface area contributed by atoms with Crippen LogP contribution in [0, 0.1) is 0 Å². The molecule has 1 atom stereocenters. The molecule has 0 bridgehead atoms. The van der Waals surface area contributed by atoms with Gasteiger partial charge < -0.3 is 5.32 Å². The van der Waals surface area contributed by atoms with Crippen LogP contribution < -0.4 is 5.32 Å². The van der Waals surface area contributed by atoms with E-state index in [0.29, 0.717) is 26.2 Å². The second kappa shape index (κ2) is 7.89. The molecule has 0 aliphatic carbocycles. The molecule has 2 aromatic rings. The van der Waals surface area contributed by atoms with Gasteiger partial charge in [-0.2, -0.15) is 0 Å². The maximum atomic E-state index is 12.6. The van der Waals surface area contributed by atoms with E-state index in [1.54, 1.807) is 4.90 Å². The van der Waals surface area contributed by atoms with E-state index in [9.17, 15) is 13.6 Å². The molecular weight excluding hydrogens is 324 g/mol. The van der Waals surface area contributed by atoms with Crippen LogP contribution in [0.4, 0.5) is 14.5 Å². The topological polar surface area (TPSA) is 35.6 Å². The number of hydrogen-bond donors (Lipinski definition) is 1. The number of nitrogens with zero attached hydrogens (tertiary/aromatic N) is 2. The number of piperazine rings is 1. The third kappa shape index (κ3) is 4.32. The first-order chi connectivity index (χ1) is 12.0. The summed E-state index contributed by atoms with van der Waals surface area (Å²) in [6.07, 6.45) is -2.31. The fraction of sp³-hybridized carbons (Fsp3) is 0.421. The van der Waals surface area contributed by atoms with Gasteiger partial charge in [-0.1, -0.05) is 36.4 Å². The summed E-state index contributed by atoms with van der Waals surface area (Å²) in [5.41, 5.74) is 0.797. The highest BCUT2D eigenvalue weighted by molar-refractivity contribution is 6.03. The lowest BCUT2D eigenvalue weighted by atomic mass is 10.1. The minimum absolute atomic E-state index is 0.0707. The Labute approximate surface area is 146 Å². The van der Waals surface area contributed by atoms with Crippen molar-refractivity contribution < 1.29 is 13.6 Å². The van der Waals surface area contributed by atoms with Gasteiger partial charge in [0.15, 0.2) is 0 Å². The number of fused-ring (bicyclic) bond motifs is 1. The normalized spacial score (nSPS) is 17.8. The first-order valence-corrected chi connectivity index (χ1v) is 8.58. The quantitative estimate of drug-likeness (QED) is 0.903. The molecule has 3 rings (SSSR count). The van der Waals surface area contributed by atoms with Crippen molar-refractivity contribution in [3.8, 4) is 0 Å². The Morgan fingerprint density at radius 1 is 1.08 bits per heavy atom. The van der Waals surface area contributed by atoms with Gasteiger partial charge >= 0.3 is 0 Å². The number of alkyl halides is 2. The van der Waals surface area contributed by atoms with Gasteiger partial charge in [-0.25, -0.2) is 8.78 Å². The first-order valence-electron chi connectivity index (χ1n) is 8.58. The molecule has 6 heteroatoms. The van der Waals surface area contributed by atoms with Crippen molar-refractivity contribution in [2.45, 2.75) is 19.4 Å². The lowest BCUT2D eigenvalue weighted by Gasteiger charge is -2.37. The number of hydrogen-bond acceptors (Lipinski definition) is 3. The summed E-state index contributed by atoms with van der Waals surface area (Å²) >= 11 is 0. The smallest absolute Gasteiger partial charge is 0.251 e. The number of nitrogens with one attached hydrogen (secondary N) is 1. The number of benzene rings is 2. The minimum Gasteiger partial charge on any atom is -0.324 e. The van der Waals surface area contributed by atoms with Gasteiger partial charge in [0.2, 0.25) is 5.91 Å². The summed E-state index contributed by atoms with van der Waals surface area (Å²) in [6, 6.07) is 13.4. The number of amides is 1. The zero-order valence-electron chi connectivity index (χ0n) is 14.3. The van der Waals surface area contributed by atoms with Crippen LogP contribution in [0.25, 0.3) is 10.8 Å². The average molecular weight is 347 g/mol. The zero-order chi connectivity index (χ0) is 17.8. The summed E-state index contributed by atoms with van der Waals surface area (Å²) in [5, 5.41) is 5.10. The van der Waals surface area contributed by atoms with Gasteiger partial charge in [-0.3, -0.25) is 14.6 Å². The van der Waals surface area contributed by atoms with Crippen molar-refractivity contribution in [3.05, 3.63) is 42.5 Å². The van der Waals surface area contributed by atoms with Crippen LogP contribution in [0.3, 0.4) is 0 Å². The second-order valence-corrected chi connectivity index (χ2v) is 6.42. The molecule has 25 heavy (non-hydrogen) atoms. The highest BCUT2D eigenvalue weighted by atomic mass is 19.3. The molecule has 0 saturated carbocycles. The van der Waals surface area contributed by atoms with Crippen molar-refractivity contribution in [2.75, 3.05) is 38.0 Å². The monoisotopic (exact) mass is 347 g/mol. The average Bonchev–Trinajstić information content (AvgIpc) is 2.61. The van der Waals surface area contributed by atoms with Gasteiger partial charge in [-0.15, -0.1) is 0 Å². The van der Waals surface area contributed by atoms with Crippen LogP contribution in [0.5, 0.6) is 0 Å². The molecule has 0 aromatic heterocycles. The van der Waals surface area contributed by atoms with Crippen molar-refractivity contribution in [1.29, 1.82) is 0 Å². The fourth-order valence-corrected chi connectivity index (χ4v) is 3.27. The van der Waals surface area contributed by atoms with E-state index in [0.717, 1.165) is 16.5 Å². The number of halogens is 2. The van der Waals surface area contributed by atoms with E-state index < -0.39 is 6.43 Å². The van der Waals surface area contributed by atoms with Gasteiger partial charge in [0, 0.05) is 37.3 Å². The van der Waals surface area contributed by atoms with Gasteiger partial charge in [-0.05, 0) is 18.4 Å². The molecule has 1 amide bonds. The molecular formula is C19H23F2N3O. The maximum Gasteiger partial charge on any atom is 0.251 e. The van der Waals surface area contributed by atoms with Crippen LogP contribution in [0.15, 0.2) is 42.5 Å². The summed E-state index contributed by atoms with van der Waals surface area (Å²) in [4.78, 5) is 16.4. The Balaban J connectivity index is 1.61. The highest BCUT2D eigenvalue weighted by Crippen LogP contribution is 2.23. The van der Waals surface area contributed by atoms with Crippen LogP contribution in [0.2, 0.25) is 0 Å². The molecule has 4 nitrogen and oxygen atoms in total. The van der Waals surface area contributed by atoms with E-state index in [2.05, 4.69) is 5.32 Å². The van der Waals surface area contributed by atoms with Gasteiger partial charge in [0.05, 0.1) is 12.6 Å². The Kier molecular flexibility index (Phi) is 5.60. The molecule has 2 aromatic carbocycles. The summed E-state index contributed by atoms with van der Waals surface area (Å²) < 4.78 is 24.9. The molecule has 1 aliphatic heterocycles. The highest BCUT2D eigenvalue weighted by Gasteiger charge is 2.26. The van der Waals surface area contributed by atoms with E-state index >= 15 is 0 Å². The predicted molar refractivity (Wildman–Crippen MR) is 96.1 cm³/mol. The third-order valence-corrected chi connectivity index (χ3v) is 4.78. The number of rotatable bonds is 5. The predicted octanol–water partition coefficient (Wildman–Crippen LogP) is 3.05. The summed E-state index contributed by atoms with van der Waals surface area (Å²) in [6.45, 7) is 4.05. The molecule has 1 N–H and O–H groups in total. The second-order valence-electron chi connectivity index (χ2n) is 6.42. The lowest BCUT2D eigenvalue weighted by molar-refractivity contribution is -0.121. The van der Waals surface area contributed by atoms with Crippen molar-refractivity contribution in [3.63, 3.8) is 0 Å². The molecule has 0 spiro atoms. The molecule has 1 unspecified atom stereocenters. The number of anilines is 1. The van der Waals surface area contributed by atoms with Crippen LogP contribution in [0.1, 0.15) is 6.92 Å². The van der Waals surface area contributed by atoms with Gasteiger partial charge in [0.25, 0.3) is 6.43 Å². The molecule has 0 radical (unpaired) electrons. The number of carbonyl (C=O) groups excluding carboxylic acids is 1. The standard InChI is InChI=1S/C19H23F2N3O/c1-14(24-11-9-23(10-12-24)13-18(20)21)19(25)22-17-8-4-6-15-5-2-3-7-16(15)17/h2-8,14,18H,9-13H2,1H3,(H,22,25). The maximum absolute atomic E-state index is 12.6. The molecule has 1 heterocycles. The SMILES string of the molecule is CC(C(=O)Nc1cccc2ccccc12)N1CCN(CC(F)F)CC1. The van der Waals surface area contributed by atoms with E-state index in [4.69, 9.17) is 0 Å². The van der Waals surface area contributed by atoms with E-state index in [1.165, 1.54) is 0 Å². The first kappa shape index (κ1) is 17.8. The summed E-state index contributed by atoms with van der Waals surface area (Å²) in [5.74, 6) is -0.0707. The lowest BCUT2D eigenvalue weighted by Crippen LogP contribution is -2.53. The molecule has 1 aliphatic rings. The largest absolute Gasteiger partial charge is 0.324 e. The van der Waals surface area contributed by atoms with Crippen LogP contribution in [-0.2, 0) is 4.79 Å². The Morgan fingerprint density at radius 2 is 1.76 bits per heavy atom.